The average molecular weight is 407 g/mol. The quantitative estimate of drug-likeness (QED) is 0.207. The highest BCUT2D eigenvalue weighted by Gasteiger charge is 2.54. The van der Waals surface area contributed by atoms with Crippen LogP contribution in [0.1, 0.15) is 83.1 Å². The van der Waals surface area contributed by atoms with Crippen molar-refractivity contribution in [2.75, 3.05) is 0 Å². The van der Waals surface area contributed by atoms with Crippen LogP contribution in [-0.2, 0) is 19.6 Å². The predicted octanol–water partition coefficient (Wildman–Crippen LogP) is 6.47. The second-order valence-electron chi connectivity index (χ2n) is 9.92. The van der Waals surface area contributed by atoms with Crippen LogP contribution in [0.4, 0.5) is 0 Å². The van der Waals surface area contributed by atoms with Gasteiger partial charge in [-0.1, -0.05) is 83.1 Å². The van der Waals surface area contributed by atoms with Crippen LogP contribution in [0.25, 0.3) is 0 Å². The maximum absolute atomic E-state index is 9.97. The Labute approximate surface area is 172 Å². The third-order valence-electron chi connectivity index (χ3n) is 7.13. The monoisotopic (exact) mass is 406 g/mol. The lowest BCUT2D eigenvalue weighted by molar-refractivity contribution is -0.603. The summed E-state index contributed by atoms with van der Waals surface area (Å²) in [4.78, 5) is 22.0. The van der Waals surface area contributed by atoms with E-state index in [0.717, 1.165) is 0 Å². The van der Waals surface area contributed by atoms with E-state index in [9.17, 15) is 10.5 Å². The molecule has 6 nitrogen and oxygen atoms in total. The third kappa shape index (κ3) is 5.67. The van der Waals surface area contributed by atoms with Gasteiger partial charge in [0.2, 0.25) is 11.6 Å². The largest absolute Gasteiger partial charge is 0.249 e. The van der Waals surface area contributed by atoms with Crippen molar-refractivity contribution in [2.24, 2.45) is 47.3 Å². The molecule has 0 aliphatic carbocycles. The molecule has 0 aliphatic heterocycles. The van der Waals surface area contributed by atoms with Crippen LogP contribution in [0.5, 0.6) is 0 Å². The van der Waals surface area contributed by atoms with Crippen LogP contribution >= 0.6 is 0 Å². The Balaban J connectivity index is 6.19. The molecule has 0 radical (unpaired) electrons. The van der Waals surface area contributed by atoms with Crippen molar-refractivity contribution in [2.45, 2.75) is 94.7 Å². The van der Waals surface area contributed by atoms with Crippen molar-refractivity contribution < 1.29 is 30.1 Å². The lowest BCUT2D eigenvalue weighted by Gasteiger charge is -2.47. The molecule has 0 spiro atoms. The predicted molar refractivity (Wildman–Crippen MR) is 111 cm³/mol. The molecule has 170 valence electrons. The molecule has 0 fully saturated rings. The van der Waals surface area contributed by atoms with Gasteiger partial charge in [0.05, 0.1) is 0 Å². The fourth-order valence-corrected chi connectivity index (χ4v) is 3.48. The second-order valence-corrected chi connectivity index (χ2v) is 9.92. The van der Waals surface area contributed by atoms with E-state index < -0.39 is 11.6 Å². The molecule has 0 saturated heterocycles. The Morgan fingerprint density at radius 3 is 0.714 bits per heavy atom. The van der Waals surface area contributed by atoms with Crippen molar-refractivity contribution in [3.63, 3.8) is 0 Å². The zero-order valence-corrected chi connectivity index (χ0v) is 20.1. The highest BCUT2D eigenvalue weighted by Crippen LogP contribution is 2.44. The number of hydrogen-bond acceptors (Lipinski definition) is 6. The van der Waals surface area contributed by atoms with Crippen molar-refractivity contribution in [3.05, 3.63) is 0 Å². The molecule has 0 aromatic carbocycles. The summed E-state index contributed by atoms with van der Waals surface area (Å²) in [5.74, 6) is -2.91. The van der Waals surface area contributed by atoms with Crippen molar-refractivity contribution in [3.8, 4) is 0 Å². The first-order valence-electron chi connectivity index (χ1n) is 10.8. The minimum absolute atomic E-state index is 0.159. The van der Waals surface area contributed by atoms with E-state index in [-0.39, 0.29) is 47.3 Å². The van der Waals surface area contributed by atoms with Crippen LogP contribution in [0.15, 0.2) is 0 Å². The van der Waals surface area contributed by atoms with Gasteiger partial charge in [0.15, 0.2) is 0 Å². The normalized spacial score (nSPS) is 21.6. The summed E-state index contributed by atoms with van der Waals surface area (Å²) in [7, 11) is 0. The van der Waals surface area contributed by atoms with Gasteiger partial charge in [-0.3, -0.25) is 0 Å². The van der Waals surface area contributed by atoms with Gasteiger partial charge in [-0.15, -0.1) is 0 Å². The minimum Gasteiger partial charge on any atom is -0.249 e. The standard InChI is InChI=1S/C22H46O6/c1-13(2)17(9)21(25-23,18(10)14(3)4)27-28-22(26-24,19(11)15(5)6)20(12)16(7)8/h13-20,23-24H,1-12H3. The van der Waals surface area contributed by atoms with Gasteiger partial charge >= 0.3 is 0 Å². The molecule has 6 heteroatoms. The summed E-state index contributed by atoms with van der Waals surface area (Å²) in [5, 5.41) is 19.9. The van der Waals surface area contributed by atoms with Gasteiger partial charge in [0.1, 0.15) is 0 Å². The summed E-state index contributed by atoms with van der Waals surface area (Å²) in [6.07, 6.45) is 0. The molecule has 28 heavy (non-hydrogen) atoms. The molecule has 0 bridgehead atoms. The first-order valence-corrected chi connectivity index (χ1v) is 10.8. The third-order valence-corrected chi connectivity index (χ3v) is 7.13. The first kappa shape index (κ1) is 27.8. The van der Waals surface area contributed by atoms with Crippen LogP contribution in [0.2, 0.25) is 0 Å². The van der Waals surface area contributed by atoms with Crippen LogP contribution in [0.3, 0.4) is 0 Å². The first-order chi connectivity index (χ1) is 12.7. The van der Waals surface area contributed by atoms with Crippen LogP contribution in [-0.4, -0.2) is 22.1 Å². The molecule has 0 amide bonds. The van der Waals surface area contributed by atoms with E-state index >= 15 is 0 Å². The molecule has 4 unspecified atom stereocenters. The van der Waals surface area contributed by atoms with E-state index in [0.29, 0.717) is 0 Å². The highest BCUT2D eigenvalue weighted by molar-refractivity contribution is 4.87. The zero-order valence-electron chi connectivity index (χ0n) is 20.1. The minimum atomic E-state index is -1.40. The van der Waals surface area contributed by atoms with Crippen LogP contribution < -0.4 is 0 Å². The van der Waals surface area contributed by atoms with E-state index in [2.05, 4.69) is 0 Å². The SMILES string of the molecule is CC(C)C(C)C(OO)(OOC(OO)(C(C)C(C)C)C(C)C(C)C)C(C)C(C)C. The second kappa shape index (κ2) is 11.2. The molecule has 0 saturated carbocycles. The lowest BCUT2D eigenvalue weighted by atomic mass is 9.77. The summed E-state index contributed by atoms with van der Waals surface area (Å²) < 4.78 is 0. The fourth-order valence-electron chi connectivity index (χ4n) is 3.48. The van der Waals surface area contributed by atoms with E-state index in [1.807, 2.05) is 83.1 Å². The molecule has 2 N–H and O–H groups in total. The molecular formula is C22H46O6. The maximum Gasteiger partial charge on any atom is 0.239 e. The highest BCUT2D eigenvalue weighted by atomic mass is 17.3. The van der Waals surface area contributed by atoms with Crippen molar-refractivity contribution >= 4 is 0 Å². The summed E-state index contributed by atoms with van der Waals surface area (Å²) >= 11 is 0. The van der Waals surface area contributed by atoms with E-state index in [4.69, 9.17) is 19.6 Å². The van der Waals surface area contributed by atoms with Crippen molar-refractivity contribution in [1.82, 2.24) is 0 Å². The average Bonchev–Trinajstić information content (AvgIpc) is 2.63. The van der Waals surface area contributed by atoms with Crippen LogP contribution in [0, 0.1) is 47.3 Å². The van der Waals surface area contributed by atoms with Gasteiger partial charge in [0.25, 0.3) is 0 Å². The summed E-state index contributed by atoms with van der Waals surface area (Å²) in [6, 6.07) is 0. The summed E-state index contributed by atoms with van der Waals surface area (Å²) in [5.41, 5.74) is 0. The van der Waals surface area contributed by atoms with Gasteiger partial charge < -0.3 is 0 Å². The van der Waals surface area contributed by atoms with E-state index in [1.165, 1.54) is 0 Å². The van der Waals surface area contributed by atoms with Gasteiger partial charge in [0, 0.05) is 23.7 Å². The Kier molecular flexibility index (Phi) is 11.1. The zero-order chi connectivity index (χ0) is 22.4. The molecule has 0 aliphatic rings. The Bertz CT molecular complexity index is 367. The topological polar surface area (TPSA) is 77.4 Å². The Hall–Kier alpha value is -0.240. The van der Waals surface area contributed by atoms with Crippen molar-refractivity contribution in [1.29, 1.82) is 0 Å². The lowest BCUT2D eigenvalue weighted by Crippen LogP contribution is -2.57. The molecule has 0 aromatic heterocycles. The molecule has 0 heterocycles. The number of hydrogen-bond donors (Lipinski definition) is 2. The number of rotatable bonds is 13. The Morgan fingerprint density at radius 2 is 0.607 bits per heavy atom. The molecular weight excluding hydrogens is 360 g/mol. The molecule has 4 atom stereocenters. The van der Waals surface area contributed by atoms with Gasteiger partial charge in [-0.05, 0) is 23.7 Å². The van der Waals surface area contributed by atoms with E-state index in [1.54, 1.807) is 0 Å². The molecule has 0 aromatic rings. The summed E-state index contributed by atoms with van der Waals surface area (Å²) in [6.45, 7) is 24.2. The Morgan fingerprint density at radius 1 is 0.429 bits per heavy atom. The maximum atomic E-state index is 9.97. The smallest absolute Gasteiger partial charge is 0.239 e. The molecule has 0 rings (SSSR count). The fraction of sp³-hybridized carbons (Fsp3) is 1.00. The van der Waals surface area contributed by atoms with Gasteiger partial charge in [-0.25, -0.2) is 20.3 Å². The van der Waals surface area contributed by atoms with Gasteiger partial charge in [-0.2, -0.15) is 9.78 Å².